The van der Waals surface area contributed by atoms with Gasteiger partial charge in [0.25, 0.3) is 0 Å². The van der Waals surface area contributed by atoms with Crippen LogP contribution in [-0.4, -0.2) is 29.0 Å². The highest BCUT2D eigenvalue weighted by molar-refractivity contribution is 6.01. The van der Waals surface area contributed by atoms with E-state index in [-0.39, 0.29) is 11.8 Å². The Kier molecular flexibility index (Phi) is 2.45. The van der Waals surface area contributed by atoms with Crippen LogP contribution >= 0.6 is 0 Å². The average Bonchev–Trinajstić information content (AvgIpc) is 2.93. The minimum atomic E-state index is 0.0760. The number of nitrogens with zero attached hydrogens (tertiary/aromatic N) is 2. The minimum absolute atomic E-state index is 0.0760. The summed E-state index contributed by atoms with van der Waals surface area (Å²) in [5.74, 6) is 0.291. The molecule has 6 nitrogen and oxygen atoms in total. The molecule has 0 bridgehead atoms. The molecule has 0 spiro atoms. The van der Waals surface area contributed by atoms with Crippen molar-refractivity contribution in [2.75, 3.05) is 23.7 Å². The first-order chi connectivity index (χ1) is 8.69. The highest BCUT2D eigenvalue weighted by Crippen LogP contribution is 2.32. The van der Waals surface area contributed by atoms with Gasteiger partial charge < -0.3 is 21.4 Å². The van der Waals surface area contributed by atoms with E-state index in [2.05, 4.69) is 9.97 Å². The number of imidazole rings is 1. The van der Waals surface area contributed by atoms with Crippen LogP contribution in [0.4, 0.5) is 11.4 Å². The van der Waals surface area contributed by atoms with E-state index in [1.165, 1.54) is 0 Å². The van der Waals surface area contributed by atoms with Crippen LogP contribution < -0.4 is 16.4 Å². The van der Waals surface area contributed by atoms with E-state index in [0.29, 0.717) is 25.2 Å². The number of nitrogens with two attached hydrogens (primary N) is 2. The number of carbonyl (C=O) groups excluding carboxylic acids is 1. The standard InChI is InChI=1S/C12H15N5O/c13-4-7-1-12(18)17(5-7)11-3-10-9(2-8(11)14)15-6-16-10/h2-3,6-7H,1,4-5,13-14H2,(H,15,16). The molecule has 2 aromatic rings. The number of aromatic nitrogens is 2. The fourth-order valence-electron chi connectivity index (χ4n) is 2.39. The third-order valence-corrected chi connectivity index (χ3v) is 3.40. The Morgan fingerprint density at radius 2 is 2.33 bits per heavy atom. The maximum atomic E-state index is 12.0. The normalized spacial score (nSPS) is 19.9. The number of rotatable bonds is 2. The largest absolute Gasteiger partial charge is 0.397 e. The lowest BCUT2D eigenvalue weighted by atomic mass is 10.1. The Bertz CT molecular complexity index is 606. The van der Waals surface area contributed by atoms with Crippen molar-refractivity contribution >= 4 is 28.3 Å². The summed E-state index contributed by atoms with van der Waals surface area (Å²) in [7, 11) is 0. The molecule has 0 aliphatic carbocycles. The van der Waals surface area contributed by atoms with Gasteiger partial charge in [-0.05, 0) is 24.6 Å². The van der Waals surface area contributed by atoms with Crippen LogP contribution in [0.1, 0.15) is 6.42 Å². The van der Waals surface area contributed by atoms with Gasteiger partial charge in [0, 0.05) is 13.0 Å². The van der Waals surface area contributed by atoms with Gasteiger partial charge in [0.2, 0.25) is 5.91 Å². The Balaban J connectivity index is 2.03. The summed E-state index contributed by atoms with van der Waals surface area (Å²) in [5, 5.41) is 0. The Hall–Kier alpha value is -2.08. The zero-order valence-corrected chi connectivity index (χ0v) is 9.89. The van der Waals surface area contributed by atoms with Crippen LogP contribution in [0.5, 0.6) is 0 Å². The number of aromatic amines is 1. The van der Waals surface area contributed by atoms with Gasteiger partial charge in [-0.25, -0.2) is 4.98 Å². The zero-order chi connectivity index (χ0) is 12.7. The van der Waals surface area contributed by atoms with Crippen LogP contribution in [0.25, 0.3) is 11.0 Å². The molecule has 6 heteroatoms. The fraction of sp³-hybridized carbons (Fsp3) is 0.333. The molecule has 1 fully saturated rings. The summed E-state index contributed by atoms with van der Waals surface area (Å²) >= 11 is 0. The lowest BCUT2D eigenvalue weighted by Crippen LogP contribution is -2.26. The van der Waals surface area contributed by atoms with Crippen LogP contribution in [-0.2, 0) is 4.79 Å². The number of hydrogen-bond acceptors (Lipinski definition) is 4. The number of benzene rings is 1. The third-order valence-electron chi connectivity index (χ3n) is 3.40. The molecule has 94 valence electrons. The van der Waals surface area contributed by atoms with Gasteiger partial charge in [-0.3, -0.25) is 4.79 Å². The van der Waals surface area contributed by atoms with Gasteiger partial charge in [-0.2, -0.15) is 0 Å². The van der Waals surface area contributed by atoms with E-state index in [0.717, 1.165) is 16.7 Å². The van der Waals surface area contributed by atoms with Gasteiger partial charge in [0.1, 0.15) is 0 Å². The van der Waals surface area contributed by atoms with Crippen molar-refractivity contribution in [3.05, 3.63) is 18.5 Å². The quantitative estimate of drug-likeness (QED) is 0.669. The highest BCUT2D eigenvalue weighted by Gasteiger charge is 2.30. The van der Waals surface area contributed by atoms with Crippen molar-refractivity contribution < 1.29 is 4.79 Å². The number of anilines is 2. The smallest absolute Gasteiger partial charge is 0.227 e. The topological polar surface area (TPSA) is 101 Å². The summed E-state index contributed by atoms with van der Waals surface area (Å²) in [5.41, 5.74) is 14.6. The molecular formula is C12H15N5O. The molecule has 0 saturated carbocycles. The van der Waals surface area contributed by atoms with Gasteiger partial charge >= 0.3 is 0 Å². The minimum Gasteiger partial charge on any atom is -0.397 e. The number of amides is 1. The first-order valence-electron chi connectivity index (χ1n) is 5.92. The molecule has 1 unspecified atom stereocenters. The average molecular weight is 245 g/mol. The van der Waals surface area contributed by atoms with E-state index >= 15 is 0 Å². The molecule has 1 aliphatic rings. The van der Waals surface area contributed by atoms with Crippen molar-refractivity contribution in [1.82, 2.24) is 9.97 Å². The molecule has 1 saturated heterocycles. The van der Waals surface area contributed by atoms with E-state index in [1.807, 2.05) is 6.07 Å². The maximum Gasteiger partial charge on any atom is 0.227 e. The number of nitrogens with one attached hydrogen (secondary N) is 1. The summed E-state index contributed by atoms with van der Waals surface area (Å²) in [6.07, 6.45) is 2.11. The van der Waals surface area contributed by atoms with E-state index in [4.69, 9.17) is 11.5 Å². The maximum absolute atomic E-state index is 12.0. The molecule has 1 atom stereocenters. The van der Waals surface area contributed by atoms with Gasteiger partial charge in [0.15, 0.2) is 0 Å². The predicted octanol–water partition coefficient (Wildman–Crippen LogP) is 0.457. The summed E-state index contributed by atoms with van der Waals surface area (Å²) in [6, 6.07) is 3.65. The van der Waals surface area contributed by atoms with Gasteiger partial charge in [-0.1, -0.05) is 0 Å². The van der Waals surface area contributed by atoms with Crippen molar-refractivity contribution in [2.24, 2.45) is 11.7 Å². The number of hydrogen-bond donors (Lipinski definition) is 3. The molecule has 18 heavy (non-hydrogen) atoms. The lowest BCUT2D eigenvalue weighted by molar-refractivity contribution is -0.117. The third kappa shape index (κ3) is 1.62. The van der Waals surface area contributed by atoms with Gasteiger partial charge in [-0.15, -0.1) is 0 Å². The Morgan fingerprint density at radius 3 is 3.06 bits per heavy atom. The second-order valence-electron chi connectivity index (χ2n) is 4.64. The molecule has 1 aromatic heterocycles. The fourth-order valence-corrected chi connectivity index (χ4v) is 2.39. The summed E-state index contributed by atoms with van der Waals surface area (Å²) in [4.78, 5) is 20.8. The molecule has 1 amide bonds. The monoisotopic (exact) mass is 245 g/mol. The zero-order valence-electron chi connectivity index (χ0n) is 9.89. The molecule has 2 heterocycles. The lowest BCUT2D eigenvalue weighted by Gasteiger charge is -2.18. The molecule has 3 rings (SSSR count). The highest BCUT2D eigenvalue weighted by atomic mass is 16.2. The Morgan fingerprint density at radius 1 is 1.50 bits per heavy atom. The second kappa shape index (κ2) is 3.99. The number of fused-ring (bicyclic) bond motifs is 1. The molecule has 1 aliphatic heterocycles. The predicted molar refractivity (Wildman–Crippen MR) is 70.0 cm³/mol. The summed E-state index contributed by atoms with van der Waals surface area (Å²) < 4.78 is 0. The van der Waals surface area contributed by atoms with Crippen LogP contribution in [0.2, 0.25) is 0 Å². The number of carbonyl (C=O) groups is 1. The molecule has 5 N–H and O–H groups in total. The Labute approximate surface area is 104 Å². The van der Waals surface area contributed by atoms with Crippen LogP contribution in [0.15, 0.2) is 18.5 Å². The van der Waals surface area contributed by atoms with E-state index < -0.39 is 0 Å². The molecular weight excluding hydrogens is 230 g/mol. The molecule has 1 aromatic carbocycles. The SMILES string of the molecule is NCC1CC(=O)N(c2cc3nc[nH]c3cc2N)C1. The number of nitrogen functional groups attached to an aromatic ring is 1. The van der Waals surface area contributed by atoms with Crippen LogP contribution in [0.3, 0.4) is 0 Å². The van der Waals surface area contributed by atoms with Crippen LogP contribution in [0, 0.1) is 5.92 Å². The second-order valence-corrected chi connectivity index (χ2v) is 4.64. The van der Waals surface area contributed by atoms with E-state index in [1.54, 1.807) is 17.3 Å². The van der Waals surface area contributed by atoms with Gasteiger partial charge in [0.05, 0.1) is 28.7 Å². The number of H-pyrrole nitrogens is 1. The van der Waals surface area contributed by atoms with Crippen molar-refractivity contribution in [3.8, 4) is 0 Å². The first-order valence-corrected chi connectivity index (χ1v) is 5.92. The van der Waals surface area contributed by atoms with E-state index in [9.17, 15) is 4.79 Å². The molecule has 0 radical (unpaired) electrons. The summed E-state index contributed by atoms with van der Waals surface area (Å²) in [6.45, 7) is 1.16. The van der Waals surface area contributed by atoms with Crippen molar-refractivity contribution in [2.45, 2.75) is 6.42 Å². The first kappa shape index (κ1) is 11.0. The van der Waals surface area contributed by atoms with Crippen molar-refractivity contribution in [3.63, 3.8) is 0 Å². The van der Waals surface area contributed by atoms with Crippen molar-refractivity contribution in [1.29, 1.82) is 0 Å².